The SMILES string of the molecule is Cc1cccc2sc(C(=O)ON3C(=O)c4ccccc4C3=O)c(Cl)c12. The largest absolute Gasteiger partial charge is 0.375 e. The van der Waals surface area contributed by atoms with Crippen molar-refractivity contribution < 1.29 is 19.2 Å². The van der Waals surface area contributed by atoms with Crippen molar-refractivity contribution in [2.45, 2.75) is 6.92 Å². The first-order valence-electron chi connectivity index (χ1n) is 7.36. The van der Waals surface area contributed by atoms with Crippen LogP contribution in [0.1, 0.15) is 36.0 Å². The van der Waals surface area contributed by atoms with Crippen molar-refractivity contribution in [3.63, 3.8) is 0 Å². The van der Waals surface area contributed by atoms with Crippen molar-refractivity contribution in [3.05, 3.63) is 69.1 Å². The molecule has 4 rings (SSSR count). The fourth-order valence-corrected chi connectivity index (χ4v) is 4.32. The van der Waals surface area contributed by atoms with Gasteiger partial charge in [-0.2, -0.15) is 0 Å². The van der Waals surface area contributed by atoms with Gasteiger partial charge in [-0.3, -0.25) is 9.59 Å². The number of halogens is 1. The highest BCUT2D eigenvalue weighted by Gasteiger charge is 2.39. The van der Waals surface area contributed by atoms with E-state index in [0.29, 0.717) is 5.06 Å². The van der Waals surface area contributed by atoms with Gasteiger partial charge in [0.05, 0.1) is 16.1 Å². The van der Waals surface area contributed by atoms with E-state index < -0.39 is 17.8 Å². The smallest absolute Gasteiger partial charge is 0.323 e. The van der Waals surface area contributed by atoms with Crippen molar-refractivity contribution >= 4 is 50.8 Å². The molecule has 0 atom stereocenters. The summed E-state index contributed by atoms with van der Waals surface area (Å²) >= 11 is 7.49. The standard InChI is InChI=1S/C18H10ClNO4S/c1-9-5-4-8-12-13(9)14(19)15(25-12)18(23)24-20-16(21)10-6-2-3-7-11(10)17(20)22/h2-8H,1H3. The van der Waals surface area contributed by atoms with Gasteiger partial charge >= 0.3 is 5.97 Å². The van der Waals surface area contributed by atoms with Crippen LogP contribution in [0, 0.1) is 6.92 Å². The van der Waals surface area contributed by atoms with Gasteiger partial charge in [0.25, 0.3) is 11.8 Å². The van der Waals surface area contributed by atoms with E-state index in [2.05, 4.69) is 0 Å². The summed E-state index contributed by atoms with van der Waals surface area (Å²) in [5.74, 6) is -2.16. The van der Waals surface area contributed by atoms with Gasteiger partial charge in [0.1, 0.15) is 4.88 Å². The Labute approximate surface area is 151 Å². The van der Waals surface area contributed by atoms with E-state index in [4.69, 9.17) is 16.4 Å². The minimum atomic E-state index is -0.833. The molecule has 0 saturated heterocycles. The molecule has 1 aliphatic rings. The molecule has 2 aromatic carbocycles. The van der Waals surface area contributed by atoms with Crippen molar-refractivity contribution in [2.75, 3.05) is 0 Å². The van der Waals surface area contributed by atoms with E-state index in [9.17, 15) is 14.4 Å². The number of imide groups is 1. The minimum Gasteiger partial charge on any atom is -0.323 e. The lowest BCUT2D eigenvalue weighted by molar-refractivity contribution is -0.0581. The Hall–Kier alpha value is -2.70. The summed E-state index contributed by atoms with van der Waals surface area (Å²) in [5, 5.41) is 1.52. The van der Waals surface area contributed by atoms with Crippen molar-refractivity contribution in [1.29, 1.82) is 0 Å². The van der Waals surface area contributed by atoms with Gasteiger partial charge in [-0.25, -0.2) is 4.79 Å². The molecule has 1 aromatic heterocycles. The molecule has 25 heavy (non-hydrogen) atoms. The molecular weight excluding hydrogens is 362 g/mol. The van der Waals surface area contributed by atoms with Crippen molar-refractivity contribution in [2.24, 2.45) is 0 Å². The molecule has 0 bridgehead atoms. The Morgan fingerprint density at radius 3 is 2.28 bits per heavy atom. The fraction of sp³-hybridized carbons (Fsp3) is 0.0556. The number of hydrogen-bond acceptors (Lipinski definition) is 5. The minimum absolute atomic E-state index is 0.155. The topological polar surface area (TPSA) is 63.7 Å². The average molecular weight is 372 g/mol. The summed E-state index contributed by atoms with van der Waals surface area (Å²) in [6, 6.07) is 11.9. The summed E-state index contributed by atoms with van der Waals surface area (Å²) in [6.07, 6.45) is 0. The van der Waals surface area contributed by atoms with Gasteiger partial charge in [0.15, 0.2) is 0 Å². The zero-order chi connectivity index (χ0) is 17.7. The number of carbonyl (C=O) groups is 3. The molecular formula is C18H10ClNO4S. The molecule has 0 N–H and O–H groups in total. The molecule has 0 fully saturated rings. The summed E-state index contributed by atoms with van der Waals surface area (Å²) in [7, 11) is 0. The number of hydroxylamine groups is 2. The zero-order valence-electron chi connectivity index (χ0n) is 12.9. The molecule has 0 aliphatic carbocycles. The molecule has 124 valence electrons. The number of thiophene rings is 1. The molecule has 7 heteroatoms. The van der Waals surface area contributed by atoms with E-state index in [-0.39, 0.29) is 21.0 Å². The second-order valence-corrected chi connectivity index (χ2v) is 6.95. The predicted octanol–water partition coefficient (Wildman–Crippen LogP) is 4.23. The van der Waals surface area contributed by atoms with E-state index in [1.54, 1.807) is 12.1 Å². The number of nitrogens with zero attached hydrogens (tertiary/aromatic N) is 1. The monoisotopic (exact) mass is 371 g/mol. The Kier molecular flexibility index (Phi) is 3.59. The lowest BCUT2D eigenvalue weighted by atomic mass is 10.1. The first kappa shape index (κ1) is 15.8. The Morgan fingerprint density at radius 1 is 1.04 bits per heavy atom. The molecule has 2 heterocycles. The summed E-state index contributed by atoms with van der Waals surface area (Å²) < 4.78 is 0.833. The van der Waals surface area contributed by atoms with Crippen LogP contribution in [0.25, 0.3) is 10.1 Å². The predicted molar refractivity (Wildman–Crippen MR) is 93.9 cm³/mol. The number of carbonyl (C=O) groups excluding carboxylic acids is 3. The number of amides is 2. The van der Waals surface area contributed by atoms with Crippen LogP contribution < -0.4 is 0 Å². The van der Waals surface area contributed by atoms with Crippen LogP contribution >= 0.6 is 22.9 Å². The lowest BCUT2D eigenvalue weighted by Gasteiger charge is -2.11. The van der Waals surface area contributed by atoms with Crippen LogP contribution in [0.4, 0.5) is 0 Å². The molecule has 2 amide bonds. The van der Waals surface area contributed by atoms with E-state index in [1.807, 2.05) is 25.1 Å². The number of fused-ring (bicyclic) bond motifs is 2. The first-order chi connectivity index (χ1) is 12.0. The van der Waals surface area contributed by atoms with Crippen molar-refractivity contribution in [3.8, 4) is 0 Å². The van der Waals surface area contributed by atoms with Gasteiger partial charge in [0, 0.05) is 10.1 Å². The third-order valence-corrected chi connectivity index (χ3v) is 5.61. The number of rotatable bonds is 2. The van der Waals surface area contributed by atoms with Crippen LogP contribution in [-0.4, -0.2) is 22.8 Å². The summed E-state index contributed by atoms with van der Waals surface area (Å²) in [4.78, 5) is 42.3. The zero-order valence-corrected chi connectivity index (χ0v) is 14.5. The first-order valence-corrected chi connectivity index (χ1v) is 8.56. The number of aryl methyl sites for hydroxylation is 1. The Morgan fingerprint density at radius 2 is 1.68 bits per heavy atom. The molecule has 5 nitrogen and oxygen atoms in total. The Bertz CT molecular complexity index is 1040. The van der Waals surface area contributed by atoms with Crippen LogP contribution in [0.2, 0.25) is 5.02 Å². The molecule has 1 aliphatic heterocycles. The van der Waals surface area contributed by atoms with Gasteiger partial charge in [-0.1, -0.05) is 40.9 Å². The maximum absolute atomic E-state index is 12.5. The van der Waals surface area contributed by atoms with Gasteiger partial charge in [0.2, 0.25) is 0 Å². The average Bonchev–Trinajstić information content (AvgIpc) is 3.07. The highest BCUT2D eigenvalue weighted by atomic mass is 35.5. The maximum Gasteiger partial charge on any atom is 0.375 e. The third-order valence-electron chi connectivity index (χ3n) is 3.98. The van der Waals surface area contributed by atoms with E-state index in [1.165, 1.54) is 12.1 Å². The molecule has 3 aromatic rings. The number of benzene rings is 2. The van der Waals surface area contributed by atoms with Gasteiger partial charge in [-0.15, -0.1) is 11.3 Å². The van der Waals surface area contributed by atoms with Crippen LogP contribution in [0.3, 0.4) is 0 Å². The van der Waals surface area contributed by atoms with E-state index in [0.717, 1.165) is 27.0 Å². The van der Waals surface area contributed by atoms with Crippen LogP contribution in [0.15, 0.2) is 42.5 Å². The fourth-order valence-electron chi connectivity index (χ4n) is 2.78. The quantitative estimate of drug-likeness (QED) is 0.632. The molecule has 0 unspecified atom stereocenters. The Balaban J connectivity index is 1.68. The van der Waals surface area contributed by atoms with Crippen LogP contribution in [-0.2, 0) is 4.84 Å². The van der Waals surface area contributed by atoms with Crippen LogP contribution in [0.5, 0.6) is 0 Å². The van der Waals surface area contributed by atoms with Gasteiger partial charge < -0.3 is 4.84 Å². The molecule has 0 saturated carbocycles. The van der Waals surface area contributed by atoms with Gasteiger partial charge in [-0.05, 0) is 30.7 Å². The van der Waals surface area contributed by atoms with Crippen molar-refractivity contribution in [1.82, 2.24) is 5.06 Å². The number of hydrogen-bond donors (Lipinski definition) is 0. The normalized spacial score (nSPS) is 13.4. The molecule has 0 radical (unpaired) electrons. The highest BCUT2D eigenvalue weighted by Crippen LogP contribution is 2.38. The summed E-state index contributed by atoms with van der Waals surface area (Å²) in [5.41, 5.74) is 1.34. The third kappa shape index (κ3) is 2.33. The second-order valence-electron chi connectivity index (χ2n) is 5.52. The summed E-state index contributed by atoms with van der Waals surface area (Å²) in [6.45, 7) is 1.89. The lowest BCUT2D eigenvalue weighted by Crippen LogP contribution is -2.32. The van der Waals surface area contributed by atoms with E-state index >= 15 is 0 Å². The highest BCUT2D eigenvalue weighted by molar-refractivity contribution is 7.21. The second kappa shape index (κ2) is 5.68. The maximum atomic E-state index is 12.5. The molecule has 0 spiro atoms.